The van der Waals surface area contributed by atoms with Crippen molar-refractivity contribution in [2.24, 2.45) is 0 Å². The highest BCUT2D eigenvalue weighted by atomic mass is 16.5. The smallest absolute Gasteiger partial charge is 0.319 e. The van der Waals surface area contributed by atoms with Gasteiger partial charge in [-0.25, -0.2) is 4.79 Å². The lowest BCUT2D eigenvalue weighted by Gasteiger charge is -2.11. The second-order valence-electron chi connectivity index (χ2n) is 6.10. The minimum Gasteiger partial charge on any atom is -0.493 e. The van der Waals surface area contributed by atoms with E-state index in [2.05, 4.69) is 24.5 Å². The normalized spacial score (nSPS) is 10.4. The van der Waals surface area contributed by atoms with Crippen LogP contribution in [0.25, 0.3) is 0 Å². The number of ether oxygens (including phenoxy) is 2. The van der Waals surface area contributed by atoms with Crippen LogP contribution in [0, 0.1) is 0 Å². The summed E-state index contributed by atoms with van der Waals surface area (Å²) in [4.78, 5) is 12.0. The number of carbonyl (C=O) groups excluding carboxylic acids is 1. The maximum Gasteiger partial charge on any atom is 0.319 e. The Morgan fingerprint density at radius 3 is 2.28 bits per heavy atom. The van der Waals surface area contributed by atoms with Crippen molar-refractivity contribution in [2.75, 3.05) is 26.1 Å². The maximum absolute atomic E-state index is 12.0. The highest BCUT2D eigenvalue weighted by molar-refractivity contribution is 5.89. The Balaban J connectivity index is 1.82. The SMILES string of the molecule is COc1ccc(CCNC(=O)Nc2ccc(C(C)C)cc2)cc1OC. The Morgan fingerprint density at radius 1 is 1.00 bits per heavy atom. The van der Waals surface area contributed by atoms with Crippen LogP contribution in [-0.2, 0) is 6.42 Å². The fourth-order valence-corrected chi connectivity index (χ4v) is 2.48. The van der Waals surface area contributed by atoms with Crippen molar-refractivity contribution >= 4 is 11.7 Å². The first kappa shape index (κ1) is 18.6. The van der Waals surface area contributed by atoms with Crippen LogP contribution in [0.1, 0.15) is 30.9 Å². The Bertz CT molecular complexity index is 697. The van der Waals surface area contributed by atoms with Gasteiger partial charge in [0.15, 0.2) is 11.5 Å². The molecule has 5 nitrogen and oxygen atoms in total. The van der Waals surface area contributed by atoms with Gasteiger partial charge in [0.05, 0.1) is 14.2 Å². The fourth-order valence-electron chi connectivity index (χ4n) is 2.48. The monoisotopic (exact) mass is 342 g/mol. The van der Waals surface area contributed by atoms with Gasteiger partial charge in [-0.1, -0.05) is 32.0 Å². The summed E-state index contributed by atoms with van der Waals surface area (Å²) in [6.07, 6.45) is 0.708. The summed E-state index contributed by atoms with van der Waals surface area (Å²) in [6, 6.07) is 13.4. The topological polar surface area (TPSA) is 59.6 Å². The minimum absolute atomic E-state index is 0.210. The summed E-state index contributed by atoms with van der Waals surface area (Å²) < 4.78 is 10.5. The number of methoxy groups -OCH3 is 2. The summed E-state index contributed by atoms with van der Waals surface area (Å²) in [5, 5.41) is 5.70. The predicted octanol–water partition coefficient (Wildman–Crippen LogP) is 4.19. The van der Waals surface area contributed by atoms with Gasteiger partial charge < -0.3 is 20.1 Å². The van der Waals surface area contributed by atoms with Gasteiger partial charge in [0, 0.05) is 12.2 Å². The number of hydrogen-bond acceptors (Lipinski definition) is 3. The molecular formula is C20H26N2O3. The second-order valence-corrected chi connectivity index (χ2v) is 6.10. The number of carbonyl (C=O) groups is 1. The summed E-state index contributed by atoms with van der Waals surface area (Å²) in [5.74, 6) is 1.86. The number of benzene rings is 2. The molecule has 0 saturated heterocycles. The quantitative estimate of drug-likeness (QED) is 0.793. The molecule has 0 bridgehead atoms. The lowest BCUT2D eigenvalue weighted by molar-refractivity contribution is 0.252. The van der Waals surface area contributed by atoms with Crippen molar-refractivity contribution in [2.45, 2.75) is 26.2 Å². The first-order valence-corrected chi connectivity index (χ1v) is 8.39. The highest BCUT2D eigenvalue weighted by Gasteiger charge is 2.06. The Kier molecular flexibility index (Phi) is 6.69. The molecule has 0 aromatic heterocycles. The first-order chi connectivity index (χ1) is 12.0. The lowest BCUT2D eigenvalue weighted by atomic mass is 10.0. The molecule has 0 radical (unpaired) electrons. The molecule has 2 rings (SSSR count). The minimum atomic E-state index is -0.210. The molecule has 0 aliphatic carbocycles. The van der Waals surface area contributed by atoms with Gasteiger partial charge >= 0.3 is 6.03 Å². The van der Waals surface area contributed by atoms with E-state index in [9.17, 15) is 4.79 Å². The number of urea groups is 1. The summed E-state index contributed by atoms with van der Waals surface area (Å²) >= 11 is 0. The van der Waals surface area contributed by atoms with Crippen LogP contribution < -0.4 is 20.1 Å². The lowest BCUT2D eigenvalue weighted by Crippen LogP contribution is -2.30. The average molecular weight is 342 g/mol. The van der Waals surface area contributed by atoms with Crippen LogP contribution in [0.5, 0.6) is 11.5 Å². The van der Waals surface area contributed by atoms with Crippen molar-refractivity contribution in [3.05, 3.63) is 53.6 Å². The van der Waals surface area contributed by atoms with Crippen LogP contribution in [0.2, 0.25) is 0 Å². The fraction of sp³-hybridized carbons (Fsp3) is 0.350. The van der Waals surface area contributed by atoms with E-state index in [4.69, 9.17) is 9.47 Å². The van der Waals surface area contributed by atoms with Crippen LogP contribution in [0.4, 0.5) is 10.5 Å². The summed E-state index contributed by atoms with van der Waals surface area (Å²) in [7, 11) is 3.22. The molecule has 2 amide bonds. The first-order valence-electron chi connectivity index (χ1n) is 8.39. The van der Waals surface area contributed by atoms with Crippen LogP contribution in [-0.4, -0.2) is 26.8 Å². The van der Waals surface area contributed by atoms with Crippen molar-refractivity contribution in [1.82, 2.24) is 5.32 Å². The van der Waals surface area contributed by atoms with E-state index in [0.29, 0.717) is 30.4 Å². The Hall–Kier alpha value is -2.69. The molecule has 134 valence electrons. The van der Waals surface area contributed by atoms with E-state index < -0.39 is 0 Å². The van der Waals surface area contributed by atoms with Gasteiger partial charge in [0.25, 0.3) is 0 Å². The van der Waals surface area contributed by atoms with Gasteiger partial charge in [-0.15, -0.1) is 0 Å². The molecule has 0 atom stereocenters. The summed E-state index contributed by atoms with van der Waals surface area (Å²) in [5.41, 5.74) is 3.10. The third kappa shape index (κ3) is 5.41. The van der Waals surface area contributed by atoms with Crippen LogP contribution in [0.3, 0.4) is 0 Å². The third-order valence-corrected chi connectivity index (χ3v) is 3.98. The largest absolute Gasteiger partial charge is 0.493 e. The maximum atomic E-state index is 12.0. The average Bonchev–Trinajstić information content (AvgIpc) is 2.62. The molecule has 0 aliphatic heterocycles. The van der Waals surface area contributed by atoms with E-state index in [1.54, 1.807) is 14.2 Å². The third-order valence-electron chi connectivity index (χ3n) is 3.98. The summed E-state index contributed by atoms with van der Waals surface area (Å²) in [6.45, 7) is 4.82. The van der Waals surface area contributed by atoms with Crippen molar-refractivity contribution in [3.8, 4) is 11.5 Å². The molecular weight excluding hydrogens is 316 g/mol. The van der Waals surface area contributed by atoms with E-state index >= 15 is 0 Å². The van der Waals surface area contributed by atoms with E-state index in [1.165, 1.54) is 5.56 Å². The van der Waals surface area contributed by atoms with E-state index in [1.807, 2.05) is 42.5 Å². The van der Waals surface area contributed by atoms with E-state index in [-0.39, 0.29) is 6.03 Å². The molecule has 0 saturated carbocycles. The number of amides is 2. The molecule has 0 fully saturated rings. The molecule has 0 aliphatic rings. The Morgan fingerprint density at radius 2 is 1.68 bits per heavy atom. The number of nitrogens with one attached hydrogen (secondary N) is 2. The van der Waals surface area contributed by atoms with Crippen molar-refractivity contribution in [3.63, 3.8) is 0 Å². The number of hydrogen-bond donors (Lipinski definition) is 2. The number of anilines is 1. The van der Waals surface area contributed by atoms with Gasteiger partial charge in [0.1, 0.15) is 0 Å². The molecule has 2 aromatic carbocycles. The Labute approximate surface area is 149 Å². The van der Waals surface area contributed by atoms with Crippen molar-refractivity contribution in [1.29, 1.82) is 0 Å². The zero-order valence-electron chi connectivity index (χ0n) is 15.3. The second kappa shape index (κ2) is 8.97. The zero-order chi connectivity index (χ0) is 18.2. The molecule has 2 N–H and O–H groups in total. The van der Waals surface area contributed by atoms with Crippen LogP contribution >= 0.6 is 0 Å². The molecule has 0 unspecified atom stereocenters. The molecule has 2 aromatic rings. The molecule has 5 heteroatoms. The molecule has 0 heterocycles. The standard InChI is InChI=1S/C20H26N2O3/c1-14(2)16-6-8-17(9-7-16)22-20(23)21-12-11-15-5-10-18(24-3)19(13-15)25-4/h5-10,13-14H,11-12H2,1-4H3,(H2,21,22,23). The number of rotatable bonds is 7. The van der Waals surface area contributed by atoms with Gasteiger partial charge in [0.2, 0.25) is 0 Å². The highest BCUT2D eigenvalue weighted by Crippen LogP contribution is 2.27. The molecule has 25 heavy (non-hydrogen) atoms. The van der Waals surface area contributed by atoms with Crippen molar-refractivity contribution < 1.29 is 14.3 Å². The predicted molar refractivity (Wildman–Crippen MR) is 101 cm³/mol. The van der Waals surface area contributed by atoms with Crippen LogP contribution in [0.15, 0.2) is 42.5 Å². The molecule has 0 spiro atoms. The van der Waals surface area contributed by atoms with Gasteiger partial charge in [-0.3, -0.25) is 0 Å². The van der Waals surface area contributed by atoms with Gasteiger partial charge in [-0.05, 0) is 47.7 Å². The van der Waals surface area contributed by atoms with E-state index in [0.717, 1.165) is 11.3 Å². The zero-order valence-corrected chi connectivity index (χ0v) is 15.3. The van der Waals surface area contributed by atoms with Gasteiger partial charge in [-0.2, -0.15) is 0 Å².